The lowest BCUT2D eigenvalue weighted by atomic mass is 10.1. The van der Waals surface area contributed by atoms with Gasteiger partial charge in [-0.15, -0.1) is 0 Å². The molecule has 1 aliphatic heterocycles. The van der Waals surface area contributed by atoms with E-state index in [1.54, 1.807) is 35.9 Å². The first-order chi connectivity index (χ1) is 12.5. The molecule has 136 valence electrons. The van der Waals surface area contributed by atoms with Gasteiger partial charge in [0.2, 0.25) is 5.89 Å². The number of hydrogen-bond donors (Lipinski definition) is 0. The molecule has 1 amide bonds. The van der Waals surface area contributed by atoms with Crippen LogP contribution in [0.3, 0.4) is 0 Å². The quantitative estimate of drug-likeness (QED) is 0.702. The molecule has 1 fully saturated rings. The van der Waals surface area contributed by atoms with E-state index >= 15 is 0 Å². The predicted octanol–water partition coefficient (Wildman–Crippen LogP) is 1.57. The highest BCUT2D eigenvalue weighted by Crippen LogP contribution is 2.34. The number of carbonyl (C=O) groups excluding carboxylic acids is 1. The Morgan fingerprint density at radius 3 is 2.85 bits per heavy atom. The molecule has 9 nitrogen and oxygen atoms in total. The number of nitrogens with zero attached hydrogens (tertiary/aromatic N) is 6. The summed E-state index contributed by atoms with van der Waals surface area (Å²) in [6.07, 6.45) is 2.21. The molecule has 0 spiro atoms. The highest BCUT2D eigenvalue weighted by Gasteiger charge is 2.40. The minimum atomic E-state index is -0.311. The molecule has 0 aromatic carbocycles. The lowest BCUT2D eigenvalue weighted by Gasteiger charge is -2.22. The van der Waals surface area contributed by atoms with Crippen LogP contribution < -0.4 is 0 Å². The molecule has 0 N–H and O–H groups in total. The number of aromatic nitrogens is 5. The number of ether oxygens (including phenoxy) is 1. The van der Waals surface area contributed by atoms with E-state index in [4.69, 9.17) is 9.26 Å². The Bertz CT molecular complexity index is 978. The Kier molecular flexibility index (Phi) is 3.95. The third-order valence-corrected chi connectivity index (χ3v) is 4.75. The Morgan fingerprint density at radius 2 is 2.15 bits per heavy atom. The van der Waals surface area contributed by atoms with Crippen molar-refractivity contribution in [1.29, 1.82) is 0 Å². The number of methoxy groups -OCH3 is 1. The van der Waals surface area contributed by atoms with Crippen LogP contribution in [0.25, 0.3) is 11.0 Å². The normalized spacial score (nSPS) is 20.2. The molecule has 9 heteroatoms. The molecule has 4 rings (SSSR count). The number of likely N-dealkylation sites (tertiary alicyclic amines) is 1. The number of rotatable bonds is 3. The number of aryl methyl sites for hydroxylation is 3. The number of amides is 1. The van der Waals surface area contributed by atoms with Crippen LogP contribution in [0.1, 0.15) is 40.2 Å². The van der Waals surface area contributed by atoms with E-state index in [0.717, 1.165) is 11.1 Å². The van der Waals surface area contributed by atoms with Crippen LogP contribution in [0.2, 0.25) is 0 Å². The van der Waals surface area contributed by atoms with Gasteiger partial charge in [0.15, 0.2) is 11.5 Å². The first-order valence-electron chi connectivity index (χ1n) is 8.41. The summed E-state index contributed by atoms with van der Waals surface area (Å²) in [5.74, 6) is 0.861. The second-order valence-electron chi connectivity index (χ2n) is 6.56. The van der Waals surface area contributed by atoms with Crippen molar-refractivity contribution in [3.63, 3.8) is 0 Å². The number of hydrogen-bond acceptors (Lipinski definition) is 7. The van der Waals surface area contributed by atoms with E-state index < -0.39 is 0 Å². The topological polar surface area (TPSA) is 99.2 Å². The molecule has 4 heterocycles. The lowest BCUT2D eigenvalue weighted by Crippen LogP contribution is -2.32. The molecule has 0 unspecified atom stereocenters. The summed E-state index contributed by atoms with van der Waals surface area (Å²) in [5.41, 5.74) is 2.01. The Labute approximate surface area is 149 Å². The number of pyridine rings is 1. The molecule has 3 aromatic heterocycles. The van der Waals surface area contributed by atoms with Crippen LogP contribution in [0.15, 0.2) is 16.8 Å². The van der Waals surface area contributed by atoms with Gasteiger partial charge in [0.05, 0.1) is 23.3 Å². The molecule has 0 bridgehead atoms. The van der Waals surface area contributed by atoms with E-state index in [0.29, 0.717) is 35.9 Å². The van der Waals surface area contributed by atoms with Crippen molar-refractivity contribution in [1.82, 2.24) is 29.8 Å². The van der Waals surface area contributed by atoms with Crippen molar-refractivity contribution in [3.05, 3.63) is 35.2 Å². The maximum absolute atomic E-state index is 13.4. The van der Waals surface area contributed by atoms with Gasteiger partial charge in [-0.05, 0) is 19.9 Å². The van der Waals surface area contributed by atoms with Gasteiger partial charge < -0.3 is 14.2 Å². The van der Waals surface area contributed by atoms with Crippen LogP contribution in [0, 0.1) is 13.8 Å². The fraction of sp³-hybridized carbons (Fsp3) is 0.471. The fourth-order valence-electron chi connectivity index (χ4n) is 3.45. The third kappa shape index (κ3) is 2.64. The second-order valence-corrected chi connectivity index (χ2v) is 6.56. The third-order valence-electron chi connectivity index (χ3n) is 4.75. The zero-order valence-corrected chi connectivity index (χ0v) is 15.1. The minimum Gasteiger partial charge on any atom is -0.380 e. The van der Waals surface area contributed by atoms with E-state index in [1.165, 1.54) is 0 Å². The zero-order chi connectivity index (χ0) is 18.4. The Morgan fingerprint density at radius 1 is 1.35 bits per heavy atom. The summed E-state index contributed by atoms with van der Waals surface area (Å²) in [6.45, 7) is 4.09. The van der Waals surface area contributed by atoms with Gasteiger partial charge in [-0.3, -0.25) is 9.48 Å². The molecule has 3 aromatic rings. The highest BCUT2D eigenvalue weighted by atomic mass is 16.5. The van der Waals surface area contributed by atoms with Gasteiger partial charge in [-0.25, -0.2) is 4.98 Å². The van der Waals surface area contributed by atoms with Crippen molar-refractivity contribution >= 4 is 16.9 Å². The molecule has 26 heavy (non-hydrogen) atoms. The molecule has 1 aliphatic rings. The van der Waals surface area contributed by atoms with Crippen molar-refractivity contribution in [2.24, 2.45) is 7.05 Å². The molecular weight excluding hydrogens is 336 g/mol. The standard InChI is InChI=1S/C17H20N6O3/c1-9-5-12(13-7-18-22(3)15(13)19-9)17(24)23-8-11(25-4)6-14(23)16-20-10(2)21-26-16/h5,7,11,14H,6,8H2,1-4H3/t11-,14+/m0/s1. The lowest BCUT2D eigenvalue weighted by molar-refractivity contribution is 0.0672. The van der Waals surface area contributed by atoms with Crippen molar-refractivity contribution in [3.8, 4) is 0 Å². The van der Waals surface area contributed by atoms with Crippen molar-refractivity contribution in [2.45, 2.75) is 32.4 Å². The van der Waals surface area contributed by atoms with Gasteiger partial charge in [0, 0.05) is 32.8 Å². The molecule has 0 aliphatic carbocycles. The van der Waals surface area contributed by atoms with Crippen molar-refractivity contribution < 1.29 is 14.1 Å². The minimum absolute atomic E-state index is 0.0801. The summed E-state index contributed by atoms with van der Waals surface area (Å²) in [7, 11) is 3.45. The van der Waals surface area contributed by atoms with E-state index in [-0.39, 0.29) is 18.1 Å². The SMILES string of the molecule is CO[C@H]1C[C@H](c2nc(C)no2)N(C(=O)c2cc(C)nc3c2cnn3C)C1. The Balaban J connectivity index is 1.76. The average Bonchev–Trinajstić information content (AvgIpc) is 3.32. The summed E-state index contributed by atoms with van der Waals surface area (Å²) in [5, 5.41) is 8.82. The monoisotopic (exact) mass is 356 g/mol. The fourth-order valence-corrected chi connectivity index (χ4v) is 3.45. The van der Waals surface area contributed by atoms with Gasteiger partial charge in [-0.1, -0.05) is 5.16 Å². The van der Waals surface area contributed by atoms with Gasteiger partial charge in [0.1, 0.15) is 6.04 Å². The van der Waals surface area contributed by atoms with E-state index in [9.17, 15) is 4.79 Å². The van der Waals surface area contributed by atoms with E-state index in [2.05, 4.69) is 20.2 Å². The van der Waals surface area contributed by atoms with Gasteiger partial charge in [-0.2, -0.15) is 10.1 Å². The summed E-state index contributed by atoms with van der Waals surface area (Å²) < 4.78 is 12.5. The Hall–Kier alpha value is -2.81. The molecule has 0 saturated carbocycles. The van der Waals surface area contributed by atoms with E-state index in [1.807, 2.05) is 14.0 Å². The highest BCUT2D eigenvalue weighted by molar-refractivity contribution is 6.05. The first-order valence-corrected chi connectivity index (χ1v) is 8.41. The first kappa shape index (κ1) is 16.6. The second kappa shape index (κ2) is 6.17. The molecule has 0 radical (unpaired) electrons. The average molecular weight is 356 g/mol. The van der Waals surface area contributed by atoms with Crippen LogP contribution >= 0.6 is 0 Å². The summed E-state index contributed by atoms with van der Waals surface area (Å²) in [6, 6.07) is 1.48. The van der Waals surface area contributed by atoms with Crippen LogP contribution in [-0.2, 0) is 11.8 Å². The van der Waals surface area contributed by atoms with Gasteiger partial charge in [0.25, 0.3) is 5.91 Å². The predicted molar refractivity (Wildman–Crippen MR) is 91.5 cm³/mol. The number of fused-ring (bicyclic) bond motifs is 1. The van der Waals surface area contributed by atoms with Crippen LogP contribution in [-0.4, -0.2) is 55.5 Å². The largest absolute Gasteiger partial charge is 0.380 e. The summed E-state index contributed by atoms with van der Waals surface area (Å²) >= 11 is 0. The molecular formula is C17H20N6O3. The van der Waals surface area contributed by atoms with Crippen molar-refractivity contribution in [2.75, 3.05) is 13.7 Å². The summed E-state index contributed by atoms with van der Waals surface area (Å²) in [4.78, 5) is 23.9. The zero-order valence-electron chi connectivity index (χ0n) is 15.1. The molecule has 2 atom stereocenters. The van der Waals surface area contributed by atoms with Crippen LogP contribution in [0.5, 0.6) is 0 Å². The van der Waals surface area contributed by atoms with Crippen LogP contribution in [0.4, 0.5) is 0 Å². The smallest absolute Gasteiger partial charge is 0.255 e. The number of carbonyl (C=O) groups is 1. The van der Waals surface area contributed by atoms with Gasteiger partial charge >= 0.3 is 0 Å². The molecule has 1 saturated heterocycles. The maximum Gasteiger partial charge on any atom is 0.255 e. The maximum atomic E-state index is 13.4.